The lowest BCUT2D eigenvalue weighted by Gasteiger charge is -2.32. The van der Waals surface area contributed by atoms with Crippen LogP contribution in [0.3, 0.4) is 0 Å². The molecule has 5 atom stereocenters. The molecule has 0 aliphatic carbocycles. The second kappa shape index (κ2) is 8.78. The quantitative estimate of drug-likeness (QED) is 0.535. The van der Waals surface area contributed by atoms with Gasteiger partial charge < -0.3 is 38.8 Å². The molecule has 0 aromatic carbocycles. The minimum absolute atomic E-state index is 0.250. The third-order valence-electron chi connectivity index (χ3n) is 4.53. The summed E-state index contributed by atoms with van der Waals surface area (Å²) in [6, 6.07) is 0. The summed E-state index contributed by atoms with van der Waals surface area (Å²) in [6.07, 6.45) is -0.684. The molecule has 2 N–H and O–H groups in total. The van der Waals surface area contributed by atoms with Gasteiger partial charge in [0.2, 0.25) is 0 Å². The number of anilines is 1. The second-order valence-corrected chi connectivity index (χ2v) is 6.40. The Balaban J connectivity index is 2.17. The molecule has 148 valence electrons. The first kappa shape index (κ1) is 20.6. The highest BCUT2D eigenvalue weighted by Crippen LogP contribution is 2.26. The minimum Gasteiger partial charge on any atom is -0.394 e. The molecular formula is C16H28N4O6. The molecule has 1 fully saturated rings. The number of aliphatic hydroxyl groups is 2. The van der Waals surface area contributed by atoms with Crippen LogP contribution in [-0.2, 0) is 26.1 Å². The van der Waals surface area contributed by atoms with E-state index >= 15 is 0 Å². The molecule has 1 aromatic heterocycles. The lowest BCUT2D eigenvalue weighted by Crippen LogP contribution is -2.48. The van der Waals surface area contributed by atoms with Crippen molar-refractivity contribution in [2.45, 2.75) is 30.6 Å². The number of ether oxygens (including phenoxy) is 3. The lowest BCUT2D eigenvalue weighted by atomic mass is 10.1. The zero-order chi connectivity index (χ0) is 19.4. The van der Waals surface area contributed by atoms with Crippen LogP contribution in [0, 0.1) is 0 Å². The lowest BCUT2D eigenvalue weighted by molar-refractivity contribution is -0.160. The third-order valence-corrected chi connectivity index (χ3v) is 4.53. The fourth-order valence-electron chi connectivity index (χ4n) is 3.04. The highest BCUT2D eigenvalue weighted by atomic mass is 16.6. The molecule has 2 heterocycles. The van der Waals surface area contributed by atoms with E-state index in [4.69, 9.17) is 14.2 Å². The summed E-state index contributed by atoms with van der Waals surface area (Å²) >= 11 is 0. The number of rotatable bonds is 9. The van der Waals surface area contributed by atoms with Gasteiger partial charge in [-0.1, -0.05) is 0 Å². The first-order valence-corrected chi connectivity index (χ1v) is 8.29. The number of imidazole rings is 1. The Morgan fingerprint density at radius 1 is 1.35 bits per heavy atom. The zero-order valence-electron chi connectivity index (χ0n) is 15.8. The molecule has 0 radical (unpaired) electrons. The summed E-state index contributed by atoms with van der Waals surface area (Å²) in [7, 11) is 8.15. The number of hydrogen-bond donors (Lipinski definition) is 2. The Bertz CT molecular complexity index is 597. The standard InChI is InChI=1S/C16H28N4O6/c1-18-7-12(17-9-18)19(2)6-11(10(22)8-21)26-14-13(24-4)15(23)20(3)16(14)25-5/h7,9-11,13-14,16,21-22H,6,8H2,1-5H3. The number of methoxy groups -OCH3 is 2. The summed E-state index contributed by atoms with van der Waals surface area (Å²) in [5, 5.41) is 19.6. The maximum atomic E-state index is 12.3. The predicted octanol–water partition coefficient (Wildman–Crippen LogP) is -1.58. The first-order valence-electron chi connectivity index (χ1n) is 8.29. The van der Waals surface area contributed by atoms with E-state index in [0.717, 1.165) is 0 Å². The van der Waals surface area contributed by atoms with Crippen molar-refractivity contribution in [2.75, 3.05) is 46.4 Å². The van der Waals surface area contributed by atoms with E-state index in [1.807, 2.05) is 13.2 Å². The fraction of sp³-hybridized carbons (Fsp3) is 0.750. The number of hydrogen-bond acceptors (Lipinski definition) is 8. The molecule has 1 aliphatic heterocycles. The maximum Gasteiger partial charge on any atom is 0.256 e. The Morgan fingerprint density at radius 3 is 2.54 bits per heavy atom. The normalized spacial score (nSPS) is 25.6. The predicted molar refractivity (Wildman–Crippen MR) is 92.6 cm³/mol. The largest absolute Gasteiger partial charge is 0.394 e. The van der Waals surface area contributed by atoms with Crippen LogP contribution < -0.4 is 4.90 Å². The molecule has 1 amide bonds. The van der Waals surface area contributed by atoms with Crippen molar-refractivity contribution in [3.05, 3.63) is 12.5 Å². The first-order chi connectivity index (χ1) is 12.3. The van der Waals surface area contributed by atoms with E-state index in [1.165, 1.54) is 19.1 Å². The van der Waals surface area contributed by atoms with Gasteiger partial charge in [-0.25, -0.2) is 4.98 Å². The molecule has 1 aliphatic rings. The van der Waals surface area contributed by atoms with Gasteiger partial charge in [0, 0.05) is 48.1 Å². The third kappa shape index (κ3) is 4.15. The van der Waals surface area contributed by atoms with Crippen LogP contribution in [0.2, 0.25) is 0 Å². The smallest absolute Gasteiger partial charge is 0.256 e. The minimum atomic E-state index is -1.14. The van der Waals surface area contributed by atoms with E-state index in [-0.39, 0.29) is 12.5 Å². The molecule has 0 saturated carbocycles. The molecule has 0 spiro atoms. The van der Waals surface area contributed by atoms with Crippen molar-refractivity contribution < 1.29 is 29.2 Å². The van der Waals surface area contributed by atoms with Gasteiger partial charge in [-0.2, -0.15) is 0 Å². The van der Waals surface area contributed by atoms with E-state index < -0.39 is 37.3 Å². The van der Waals surface area contributed by atoms with Crippen molar-refractivity contribution >= 4 is 11.7 Å². The Hall–Kier alpha value is -1.72. The van der Waals surface area contributed by atoms with Gasteiger partial charge in [0.15, 0.2) is 12.3 Å². The van der Waals surface area contributed by atoms with Crippen LogP contribution in [-0.4, -0.2) is 103 Å². The highest BCUT2D eigenvalue weighted by molar-refractivity contribution is 5.84. The molecule has 1 aromatic rings. The van der Waals surface area contributed by atoms with Crippen LogP contribution in [0.5, 0.6) is 0 Å². The molecule has 2 rings (SSSR count). The van der Waals surface area contributed by atoms with E-state index in [1.54, 1.807) is 29.9 Å². The number of aryl methyl sites for hydroxylation is 1. The zero-order valence-corrected chi connectivity index (χ0v) is 15.8. The van der Waals surface area contributed by atoms with Gasteiger partial charge in [0.1, 0.15) is 24.1 Å². The summed E-state index contributed by atoms with van der Waals surface area (Å²) in [6.45, 7) is -0.230. The summed E-state index contributed by atoms with van der Waals surface area (Å²) in [4.78, 5) is 19.7. The van der Waals surface area contributed by atoms with Crippen LogP contribution in [0.25, 0.3) is 0 Å². The number of nitrogens with zero attached hydrogens (tertiary/aromatic N) is 4. The average Bonchev–Trinajstić information content (AvgIpc) is 3.15. The Kier molecular flexibility index (Phi) is 6.95. The highest BCUT2D eigenvalue weighted by Gasteiger charge is 2.49. The number of amides is 1. The maximum absolute atomic E-state index is 12.3. The van der Waals surface area contributed by atoms with E-state index in [9.17, 15) is 15.0 Å². The van der Waals surface area contributed by atoms with Crippen LogP contribution >= 0.6 is 0 Å². The molecule has 10 heteroatoms. The van der Waals surface area contributed by atoms with Gasteiger partial charge in [-0.05, 0) is 0 Å². The molecular weight excluding hydrogens is 344 g/mol. The molecule has 26 heavy (non-hydrogen) atoms. The Labute approximate surface area is 152 Å². The van der Waals surface area contributed by atoms with Gasteiger partial charge in [-0.3, -0.25) is 4.79 Å². The fourth-order valence-corrected chi connectivity index (χ4v) is 3.04. The van der Waals surface area contributed by atoms with Crippen molar-refractivity contribution in [1.82, 2.24) is 14.5 Å². The SMILES string of the molecule is COC1C(=O)N(C)C(OC)C1OC(CN(C)c1cn(C)cn1)C(O)CO. The monoisotopic (exact) mass is 372 g/mol. The van der Waals surface area contributed by atoms with Crippen molar-refractivity contribution in [2.24, 2.45) is 7.05 Å². The van der Waals surface area contributed by atoms with Crippen LogP contribution in [0.4, 0.5) is 5.82 Å². The molecule has 0 bridgehead atoms. The van der Waals surface area contributed by atoms with E-state index in [2.05, 4.69) is 4.98 Å². The van der Waals surface area contributed by atoms with Crippen molar-refractivity contribution in [3.8, 4) is 0 Å². The number of carbonyl (C=O) groups is 1. The second-order valence-electron chi connectivity index (χ2n) is 6.40. The average molecular weight is 372 g/mol. The summed E-state index contributed by atoms with van der Waals surface area (Å²) < 4.78 is 18.5. The number of aliphatic hydroxyl groups excluding tert-OH is 2. The van der Waals surface area contributed by atoms with Crippen molar-refractivity contribution in [3.63, 3.8) is 0 Å². The number of likely N-dealkylation sites (tertiary alicyclic amines) is 1. The van der Waals surface area contributed by atoms with Gasteiger partial charge in [-0.15, -0.1) is 0 Å². The molecule has 1 saturated heterocycles. The number of aromatic nitrogens is 2. The van der Waals surface area contributed by atoms with Crippen LogP contribution in [0.15, 0.2) is 12.5 Å². The topological polar surface area (TPSA) is 110 Å². The molecule has 10 nitrogen and oxygen atoms in total. The van der Waals surface area contributed by atoms with Gasteiger partial charge >= 0.3 is 0 Å². The summed E-state index contributed by atoms with van der Waals surface area (Å²) in [5.41, 5.74) is 0. The summed E-state index contributed by atoms with van der Waals surface area (Å²) in [5.74, 6) is 0.428. The Morgan fingerprint density at radius 2 is 2.04 bits per heavy atom. The van der Waals surface area contributed by atoms with Crippen LogP contribution in [0.1, 0.15) is 0 Å². The van der Waals surface area contributed by atoms with Crippen molar-refractivity contribution in [1.29, 1.82) is 0 Å². The van der Waals surface area contributed by atoms with Gasteiger partial charge in [0.05, 0.1) is 12.9 Å². The number of likely N-dealkylation sites (N-methyl/N-ethyl adjacent to an activating group) is 2. The molecule has 5 unspecified atom stereocenters. The van der Waals surface area contributed by atoms with E-state index in [0.29, 0.717) is 5.82 Å². The number of carbonyl (C=O) groups excluding carboxylic acids is 1. The van der Waals surface area contributed by atoms with Gasteiger partial charge in [0.25, 0.3) is 5.91 Å².